The molecule has 5 heteroatoms. The highest BCUT2D eigenvalue weighted by Gasteiger charge is 2.18. The molecule has 0 bridgehead atoms. The fourth-order valence-electron chi connectivity index (χ4n) is 2.27. The normalized spacial score (nSPS) is 18.9. The molecule has 1 aliphatic rings. The quantitative estimate of drug-likeness (QED) is 0.896. The second kappa shape index (κ2) is 5.92. The van der Waals surface area contributed by atoms with Crippen molar-refractivity contribution >= 4 is 9.84 Å². The predicted molar refractivity (Wildman–Crippen MR) is 74.2 cm³/mol. The number of hydrogen-bond donors (Lipinski definition) is 1. The summed E-state index contributed by atoms with van der Waals surface area (Å²) in [6, 6.07) is 5.63. The first-order valence-corrected chi connectivity index (χ1v) is 8.48. The lowest BCUT2D eigenvalue weighted by molar-refractivity contribution is 0.156. The first-order valence-electron chi connectivity index (χ1n) is 6.66. The Bertz CT molecular complexity index is 536. The zero-order valence-corrected chi connectivity index (χ0v) is 11.9. The molecule has 0 aliphatic heterocycles. The van der Waals surface area contributed by atoms with E-state index in [4.69, 9.17) is 4.74 Å². The number of aryl methyl sites for hydroxylation is 1. The molecule has 4 nitrogen and oxygen atoms in total. The van der Waals surface area contributed by atoms with E-state index in [2.05, 4.69) is 0 Å². The van der Waals surface area contributed by atoms with E-state index in [9.17, 15) is 13.5 Å². The average Bonchev–Trinajstić information content (AvgIpc) is 2.39. The van der Waals surface area contributed by atoms with Crippen LogP contribution in [0.3, 0.4) is 0 Å². The average molecular weight is 284 g/mol. The summed E-state index contributed by atoms with van der Waals surface area (Å²) in [5.74, 6) is 0.800. The molecule has 0 saturated carbocycles. The van der Waals surface area contributed by atoms with Gasteiger partial charge in [-0.05, 0) is 42.5 Å². The van der Waals surface area contributed by atoms with Crippen LogP contribution < -0.4 is 4.74 Å². The van der Waals surface area contributed by atoms with Gasteiger partial charge in [-0.2, -0.15) is 0 Å². The second-order valence-electron chi connectivity index (χ2n) is 4.85. The summed E-state index contributed by atoms with van der Waals surface area (Å²) < 4.78 is 28.2. The van der Waals surface area contributed by atoms with Crippen LogP contribution in [0.2, 0.25) is 0 Å². The summed E-state index contributed by atoms with van der Waals surface area (Å²) in [6.45, 7) is 1.79. The maximum absolute atomic E-state index is 11.4. The van der Waals surface area contributed by atoms with Gasteiger partial charge < -0.3 is 9.84 Å². The largest absolute Gasteiger partial charge is 0.493 e. The molecule has 0 unspecified atom stereocenters. The van der Waals surface area contributed by atoms with Crippen LogP contribution in [0.15, 0.2) is 18.2 Å². The Morgan fingerprint density at radius 3 is 2.95 bits per heavy atom. The van der Waals surface area contributed by atoms with Crippen LogP contribution in [0.5, 0.6) is 5.75 Å². The van der Waals surface area contributed by atoms with Crippen molar-refractivity contribution in [1.82, 2.24) is 0 Å². The van der Waals surface area contributed by atoms with Gasteiger partial charge in [-0.25, -0.2) is 8.42 Å². The fraction of sp³-hybridized carbons (Fsp3) is 0.571. The van der Waals surface area contributed by atoms with Gasteiger partial charge in [0.1, 0.15) is 12.4 Å². The van der Waals surface area contributed by atoms with E-state index in [0.717, 1.165) is 30.4 Å². The van der Waals surface area contributed by atoms with Crippen LogP contribution in [0.4, 0.5) is 0 Å². The zero-order valence-electron chi connectivity index (χ0n) is 11.1. The number of fused-ring (bicyclic) bond motifs is 1. The molecule has 0 radical (unpaired) electrons. The molecule has 1 aromatic carbocycles. The number of benzene rings is 1. The minimum atomic E-state index is -2.99. The van der Waals surface area contributed by atoms with Gasteiger partial charge >= 0.3 is 0 Å². The minimum absolute atomic E-state index is 0.0309. The van der Waals surface area contributed by atoms with Gasteiger partial charge in [0.25, 0.3) is 0 Å². The number of aliphatic hydroxyl groups is 1. The Morgan fingerprint density at radius 1 is 1.42 bits per heavy atom. The fourth-order valence-corrected chi connectivity index (χ4v) is 2.90. The molecular formula is C14H20O4S. The van der Waals surface area contributed by atoms with Crippen LogP contribution >= 0.6 is 0 Å². The van der Waals surface area contributed by atoms with Crippen LogP contribution in [0.1, 0.15) is 37.0 Å². The van der Waals surface area contributed by atoms with Crippen LogP contribution in [0.25, 0.3) is 0 Å². The molecule has 1 atom stereocenters. The molecule has 0 spiro atoms. The predicted octanol–water partition coefficient (Wildman–Crippen LogP) is 1.87. The number of rotatable bonds is 5. The lowest BCUT2D eigenvalue weighted by Gasteiger charge is -2.21. The first-order chi connectivity index (χ1) is 9.02. The Kier molecular flexibility index (Phi) is 4.47. The van der Waals surface area contributed by atoms with Gasteiger partial charge in [0.15, 0.2) is 9.84 Å². The number of sulfone groups is 1. The Labute approximate surface area is 114 Å². The van der Waals surface area contributed by atoms with Crippen LogP contribution in [-0.4, -0.2) is 31.6 Å². The Hall–Kier alpha value is -1.07. The third-order valence-electron chi connectivity index (χ3n) is 3.50. The molecule has 0 saturated heterocycles. The number of hydrogen-bond acceptors (Lipinski definition) is 4. The lowest BCUT2D eigenvalue weighted by atomic mass is 9.89. The van der Waals surface area contributed by atoms with E-state index >= 15 is 0 Å². The molecule has 2 rings (SSSR count). The van der Waals surface area contributed by atoms with E-state index < -0.39 is 15.9 Å². The topological polar surface area (TPSA) is 63.6 Å². The Balaban J connectivity index is 2.00. The minimum Gasteiger partial charge on any atom is -0.493 e. The summed E-state index contributed by atoms with van der Waals surface area (Å²) in [5, 5.41) is 9.93. The summed E-state index contributed by atoms with van der Waals surface area (Å²) in [4.78, 5) is 0. The molecule has 1 aromatic rings. The molecule has 0 aromatic heterocycles. The SMILES string of the molecule is CCS(=O)(=O)CCOc1ccc2c(c1)[C@@H](O)CCC2. The van der Waals surface area contributed by atoms with Crippen LogP contribution in [0, 0.1) is 0 Å². The van der Waals surface area contributed by atoms with Crippen molar-refractivity contribution in [2.75, 3.05) is 18.1 Å². The standard InChI is InChI=1S/C14H20O4S/c1-2-19(16,17)9-8-18-12-7-6-11-4-3-5-14(15)13(11)10-12/h6-7,10,14-15H,2-5,8-9H2,1H3/t14-/m0/s1. The van der Waals surface area contributed by atoms with Gasteiger partial charge in [-0.1, -0.05) is 13.0 Å². The van der Waals surface area contributed by atoms with Crippen molar-refractivity contribution in [2.24, 2.45) is 0 Å². The van der Waals surface area contributed by atoms with E-state index in [0.29, 0.717) is 5.75 Å². The maximum atomic E-state index is 11.4. The van der Waals surface area contributed by atoms with Crippen LogP contribution in [-0.2, 0) is 16.3 Å². The van der Waals surface area contributed by atoms with Gasteiger partial charge in [0.05, 0.1) is 11.9 Å². The highest BCUT2D eigenvalue weighted by molar-refractivity contribution is 7.91. The molecule has 0 heterocycles. The molecule has 19 heavy (non-hydrogen) atoms. The van der Waals surface area contributed by atoms with Gasteiger partial charge in [-0.3, -0.25) is 0 Å². The van der Waals surface area contributed by atoms with E-state index in [1.807, 2.05) is 18.2 Å². The molecule has 0 fully saturated rings. The second-order valence-corrected chi connectivity index (χ2v) is 7.33. The van der Waals surface area contributed by atoms with Gasteiger partial charge in [0.2, 0.25) is 0 Å². The number of aliphatic hydroxyl groups excluding tert-OH is 1. The molecule has 1 aliphatic carbocycles. The van der Waals surface area contributed by atoms with Crippen molar-refractivity contribution < 1.29 is 18.3 Å². The summed E-state index contributed by atoms with van der Waals surface area (Å²) in [6.07, 6.45) is 2.34. The van der Waals surface area contributed by atoms with Crippen molar-refractivity contribution in [3.8, 4) is 5.75 Å². The maximum Gasteiger partial charge on any atom is 0.153 e. The van der Waals surface area contributed by atoms with Crippen molar-refractivity contribution in [3.63, 3.8) is 0 Å². The monoisotopic (exact) mass is 284 g/mol. The smallest absolute Gasteiger partial charge is 0.153 e. The van der Waals surface area contributed by atoms with Crippen molar-refractivity contribution in [2.45, 2.75) is 32.3 Å². The highest BCUT2D eigenvalue weighted by Crippen LogP contribution is 2.32. The third kappa shape index (κ3) is 3.70. The first kappa shape index (κ1) is 14.3. The summed E-state index contributed by atoms with van der Waals surface area (Å²) >= 11 is 0. The molecular weight excluding hydrogens is 264 g/mol. The summed E-state index contributed by atoms with van der Waals surface area (Å²) in [5.41, 5.74) is 2.08. The van der Waals surface area contributed by atoms with Gasteiger partial charge in [0, 0.05) is 5.75 Å². The van der Waals surface area contributed by atoms with E-state index in [-0.39, 0.29) is 18.1 Å². The van der Waals surface area contributed by atoms with Gasteiger partial charge in [-0.15, -0.1) is 0 Å². The molecule has 1 N–H and O–H groups in total. The number of ether oxygens (including phenoxy) is 1. The third-order valence-corrected chi connectivity index (χ3v) is 5.17. The summed E-state index contributed by atoms with van der Waals surface area (Å²) in [7, 11) is -2.99. The van der Waals surface area contributed by atoms with Crippen molar-refractivity contribution in [1.29, 1.82) is 0 Å². The highest BCUT2D eigenvalue weighted by atomic mass is 32.2. The lowest BCUT2D eigenvalue weighted by Crippen LogP contribution is -2.16. The molecule has 106 valence electrons. The van der Waals surface area contributed by atoms with E-state index in [1.165, 1.54) is 0 Å². The van der Waals surface area contributed by atoms with E-state index in [1.54, 1.807) is 6.92 Å². The zero-order chi connectivity index (χ0) is 13.9. The Morgan fingerprint density at radius 2 is 2.21 bits per heavy atom. The molecule has 0 amide bonds. The van der Waals surface area contributed by atoms with Crippen molar-refractivity contribution in [3.05, 3.63) is 29.3 Å².